The molecular weight excluding hydrogens is 232 g/mol. The maximum Gasteiger partial charge on any atom is 0.315 e. The SMILES string of the molecule is CCC(C)(C(=O)OC)C1=CCC2(CC1)OCCO2. The van der Waals surface area contributed by atoms with Gasteiger partial charge in [-0.05, 0) is 19.8 Å². The fraction of sp³-hybridized carbons (Fsp3) is 0.786. The van der Waals surface area contributed by atoms with Crippen molar-refractivity contribution in [2.45, 2.75) is 45.3 Å². The van der Waals surface area contributed by atoms with E-state index in [1.54, 1.807) is 0 Å². The van der Waals surface area contributed by atoms with Gasteiger partial charge in [0.1, 0.15) is 0 Å². The molecule has 18 heavy (non-hydrogen) atoms. The first kappa shape index (κ1) is 13.6. The van der Waals surface area contributed by atoms with Gasteiger partial charge in [0.15, 0.2) is 5.79 Å². The summed E-state index contributed by atoms with van der Waals surface area (Å²) in [6.45, 7) is 5.32. The lowest BCUT2D eigenvalue weighted by Gasteiger charge is -2.36. The second-order valence-electron chi connectivity index (χ2n) is 5.22. The van der Waals surface area contributed by atoms with Crippen LogP contribution in [-0.2, 0) is 19.0 Å². The summed E-state index contributed by atoms with van der Waals surface area (Å²) in [6.07, 6.45) is 5.25. The smallest absolute Gasteiger partial charge is 0.315 e. The molecular formula is C14H22O4. The number of rotatable bonds is 3. The van der Waals surface area contributed by atoms with Crippen molar-refractivity contribution in [3.63, 3.8) is 0 Å². The van der Waals surface area contributed by atoms with Crippen LogP contribution in [-0.4, -0.2) is 32.1 Å². The van der Waals surface area contributed by atoms with Crippen LogP contribution >= 0.6 is 0 Å². The fourth-order valence-corrected chi connectivity index (χ4v) is 2.80. The van der Waals surface area contributed by atoms with Crippen LogP contribution in [0.1, 0.15) is 39.5 Å². The minimum Gasteiger partial charge on any atom is -0.468 e. The highest BCUT2D eigenvalue weighted by Crippen LogP contribution is 2.43. The molecule has 1 heterocycles. The molecule has 4 nitrogen and oxygen atoms in total. The summed E-state index contributed by atoms with van der Waals surface area (Å²) in [5.74, 6) is -0.575. The first-order valence-electron chi connectivity index (χ1n) is 6.62. The Balaban J connectivity index is 2.14. The van der Waals surface area contributed by atoms with E-state index in [9.17, 15) is 4.79 Å². The molecule has 2 rings (SSSR count). The Labute approximate surface area is 108 Å². The van der Waals surface area contributed by atoms with Crippen LogP contribution in [0.2, 0.25) is 0 Å². The molecule has 1 aliphatic carbocycles. The summed E-state index contributed by atoms with van der Waals surface area (Å²) in [5.41, 5.74) is 0.649. The van der Waals surface area contributed by atoms with Crippen molar-refractivity contribution in [1.82, 2.24) is 0 Å². The van der Waals surface area contributed by atoms with Gasteiger partial charge in [-0.3, -0.25) is 4.79 Å². The molecule has 1 saturated heterocycles. The highest BCUT2D eigenvalue weighted by Gasteiger charge is 2.43. The van der Waals surface area contributed by atoms with Gasteiger partial charge in [-0.2, -0.15) is 0 Å². The van der Waals surface area contributed by atoms with E-state index in [4.69, 9.17) is 14.2 Å². The summed E-state index contributed by atoms with van der Waals surface area (Å²) in [6, 6.07) is 0. The Morgan fingerprint density at radius 1 is 1.50 bits per heavy atom. The maximum atomic E-state index is 12.0. The molecule has 0 aromatic heterocycles. The molecule has 1 spiro atoms. The van der Waals surface area contributed by atoms with E-state index in [1.165, 1.54) is 7.11 Å². The quantitative estimate of drug-likeness (QED) is 0.573. The Morgan fingerprint density at radius 3 is 2.61 bits per heavy atom. The number of methoxy groups -OCH3 is 1. The zero-order valence-corrected chi connectivity index (χ0v) is 11.5. The maximum absolute atomic E-state index is 12.0. The van der Waals surface area contributed by atoms with E-state index in [0.29, 0.717) is 13.2 Å². The summed E-state index contributed by atoms with van der Waals surface area (Å²) in [4.78, 5) is 12.0. The van der Waals surface area contributed by atoms with Gasteiger partial charge in [-0.1, -0.05) is 18.6 Å². The Hall–Kier alpha value is -0.870. The highest BCUT2D eigenvalue weighted by molar-refractivity contribution is 5.80. The van der Waals surface area contributed by atoms with Crippen molar-refractivity contribution in [2.24, 2.45) is 5.41 Å². The molecule has 0 amide bonds. The van der Waals surface area contributed by atoms with Crippen LogP contribution in [0.5, 0.6) is 0 Å². The van der Waals surface area contributed by atoms with Crippen molar-refractivity contribution in [2.75, 3.05) is 20.3 Å². The molecule has 4 heteroatoms. The first-order valence-corrected chi connectivity index (χ1v) is 6.62. The lowest BCUT2D eigenvalue weighted by Crippen LogP contribution is -2.37. The average Bonchev–Trinajstić information content (AvgIpc) is 2.86. The predicted octanol–water partition coefficient (Wildman–Crippen LogP) is 2.43. The molecule has 1 fully saturated rings. The van der Waals surface area contributed by atoms with E-state index in [-0.39, 0.29) is 5.97 Å². The zero-order valence-electron chi connectivity index (χ0n) is 11.5. The van der Waals surface area contributed by atoms with Crippen molar-refractivity contribution >= 4 is 5.97 Å². The summed E-state index contributed by atoms with van der Waals surface area (Å²) < 4.78 is 16.3. The molecule has 2 aliphatic rings. The van der Waals surface area contributed by atoms with E-state index < -0.39 is 11.2 Å². The van der Waals surface area contributed by atoms with E-state index in [1.807, 2.05) is 13.8 Å². The number of ether oxygens (including phenoxy) is 3. The molecule has 0 saturated carbocycles. The van der Waals surface area contributed by atoms with Gasteiger partial charge in [0.2, 0.25) is 0 Å². The normalized spacial score (nSPS) is 25.6. The molecule has 1 unspecified atom stereocenters. The minimum atomic E-state index is -0.505. The van der Waals surface area contributed by atoms with Gasteiger partial charge in [-0.25, -0.2) is 0 Å². The van der Waals surface area contributed by atoms with Crippen molar-refractivity contribution in [3.05, 3.63) is 11.6 Å². The average molecular weight is 254 g/mol. The number of carbonyl (C=O) groups is 1. The van der Waals surface area contributed by atoms with Crippen molar-refractivity contribution in [1.29, 1.82) is 0 Å². The number of hydrogen-bond donors (Lipinski definition) is 0. The third-order valence-corrected chi connectivity index (χ3v) is 4.30. The van der Waals surface area contributed by atoms with Crippen LogP contribution in [0.4, 0.5) is 0 Å². The summed E-state index contributed by atoms with van der Waals surface area (Å²) >= 11 is 0. The van der Waals surface area contributed by atoms with E-state index in [0.717, 1.165) is 31.3 Å². The number of hydrogen-bond acceptors (Lipinski definition) is 4. The first-order chi connectivity index (χ1) is 8.56. The molecule has 0 bridgehead atoms. The third kappa shape index (κ3) is 2.19. The molecule has 0 N–H and O–H groups in total. The predicted molar refractivity (Wildman–Crippen MR) is 67.0 cm³/mol. The summed E-state index contributed by atoms with van der Waals surface area (Å²) in [7, 11) is 1.45. The standard InChI is InChI=1S/C14H22O4/c1-4-13(2,12(15)16-3)11-5-7-14(8-6-11)17-9-10-18-14/h5H,4,6-10H2,1-3H3. The third-order valence-electron chi connectivity index (χ3n) is 4.30. The zero-order chi connectivity index (χ0) is 13.2. The topological polar surface area (TPSA) is 44.8 Å². The van der Waals surface area contributed by atoms with Gasteiger partial charge in [-0.15, -0.1) is 0 Å². The van der Waals surface area contributed by atoms with Crippen LogP contribution in [0, 0.1) is 5.41 Å². The van der Waals surface area contributed by atoms with Gasteiger partial charge >= 0.3 is 5.97 Å². The van der Waals surface area contributed by atoms with Gasteiger partial charge in [0.25, 0.3) is 0 Å². The van der Waals surface area contributed by atoms with E-state index >= 15 is 0 Å². The van der Waals surface area contributed by atoms with Crippen LogP contribution in [0.25, 0.3) is 0 Å². The Morgan fingerprint density at radius 2 is 2.17 bits per heavy atom. The van der Waals surface area contributed by atoms with Crippen LogP contribution in [0.3, 0.4) is 0 Å². The van der Waals surface area contributed by atoms with Crippen LogP contribution in [0.15, 0.2) is 11.6 Å². The lowest BCUT2D eigenvalue weighted by atomic mass is 9.74. The summed E-state index contributed by atoms with van der Waals surface area (Å²) in [5, 5.41) is 0. The lowest BCUT2D eigenvalue weighted by molar-refractivity contribution is -0.164. The second kappa shape index (κ2) is 5.02. The van der Waals surface area contributed by atoms with Crippen LogP contribution < -0.4 is 0 Å². The fourth-order valence-electron chi connectivity index (χ4n) is 2.80. The highest BCUT2D eigenvalue weighted by atomic mass is 16.7. The largest absolute Gasteiger partial charge is 0.468 e. The monoisotopic (exact) mass is 254 g/mol. The Kier molecular flexibility index (Phi) is 3.78. The van der Waals surface area contributed by atoms with Gasteiger partial charge in [0, 0.05) is 12.8 Å². The number of esters is 1. The molecule has 1 atom stereocenters. The van der Waals surface area contributed by atoms with Gasteiger partial charge in [0.05, 0.1) is 25.7 Å². The molecule has 0 aromatic rings. The molecule has 102 valence electrons. The molecule has 0 aromatic carbocycles. The molecule has 0 radical (unpaired) electrons. The van der Waals surface area contributed by atoms with Crippen molar-refractivity contribution in [3.8, 4) is 0 Å². The number of carbonyl (C=O) groups excluding carboxylic acids is 1. The Bertz CT molecular complexity index is 355. The van der Waals surface area contributed by atoms with Gasteiger partial charge < -0.3 is 14.2 Å². The van der Waals surface area contributed by atoms with Crippen molar-refractivity contribution < 1.29 is 19.0 Å². The molecule has 1 aliphatic heterocycles. The van der Waals surface area contributed by atoms with E-state index in [2.05, 4.69) is 6.08 Å². The minimum absolute atomic E-state index is 0.152. The second-order valence-corrected chi connectivity index (χ2v) is 5.22.